The first-order valence-electron chi connectivity index (χ1n) is 5.08. The maximum atomic E-state index is 11.8. The molecule has 0 unspecified atom stereocenters. The number of aryl methyl sites for hydroxylation is 3. The van der Waals surface area contributed by atoms with Crippen LogP contribution in [0.3, 0.4) is 0 Å². The molecule has 1 N–H and O–H groups in total. The first kappa shape index (κ1) is 10.5. The van der Waals surface area contributed by atoms with Gasteiger partial charge in [0.2, 0.25) is 0 Å². The van der Waals surface area contributed by atoms with Crippen LogP contribution in [0.2, 0.25) is 0 Å². The minimum Gasteiger partial charge on any atom is -0.323 e. The average molecular weight is 215 g/mol. The summed E-state index contributed by atoms with van der Waals surface area (Å²) in [5.74, 6) is 0. The summed E-state index contributed by atoms with van der Waals surface area (Å²) in [4.78, 5) is 23.0. The maximum Gasteiger partial charge on any atom is 0.274 e. The fourth-order valence-electron chi connectivity index (χ4n) is 1.51. The molecule has 4 nitrogen and oxygen atoms in total. The van der Waals surface area contributed by atoms with Crippen LogP contribution in [-0.4, -0.2) is 15.0 Å². The van der Waals surface area contributed by atoms with Gasteiger partial charge >= 0.3 is 0 Å². The summed E-state index contributed by atoms with van der Waals surface area (Å²) in [5, 5.41) is 0. The number of nitrogens with zero attached hydrogens (tertiary/aromatic N) is 2. The minimum absolute atomic E-state index is 0.159. The molecule has 2 aromatic rings. The van der Waals surface area contributed by atoms with Crippen molar-refractivity contribution in [3.63, 3.8) is 0 Å². The van der Waals surface area contributed by atoms with Gasteiger partial charge in [0.25, 0.3) is 5.56 Å². The summed E-state index contributed by atoms with van der Waals surface area (Å²) in [5.41, 5.74) is 3.61. The zero-order valence-electron chi connectivity index (χ0n) is 9.53. The van der Waals surface area contributed by atoms with Gasteiger partial charge in [-0.05, 0) is 32.9 Å². The molecule has 0 atom stereocenters. The van der Waals surface area contributed by atoms with Crippen molar-refractivity contribution in [2.45, 2.75) is 20.8 Å². The second-order valence-electron chi connectivity index (χ2n) is 3.81. The molecule has 16 heavy (non-hydrogen) atoms. The number of H-pyrrole nitrogens is 1. The van der Waals surface area contributed by atoms with E-state index in [9.17, 15) is 4.79 Å². The van der Waals surface area contributed by atoms with E-state index in [0.717, 1.165) is 22.6 Å². The zero-order valence-corrected chi connectivity index (χ0v) is 9.53. The Hall–Kier alpha value is -1.97. The topological polar surface area (TPSA) is 58.6 Å². The van der Waals surface area contributed by atoms with Gasteiger partial charge in [0.05, 0.1) is 5.69 Å². The second kappa shape index (κ2) is 3.89. The number of hydrogen-bond acceptors (Lipinski definition) is 3. The van der Waals surface area contributed by atoms with Gasteiger partial charge in [-0.25, -0.2) is 4.98 Å². The number of pyridine rings is 1. The quantitative estimate of drug-likeness (QED) is 0.788. The molecule has 0 aliphatic carbocycles. The van der Waals surface area contributed by atoms with Crippen molar-refractivity contribution in [3.05, 3.63) is 45.8 Å². The van der Waals surface area contributed by atoms with E-state index in [1.165, 1.54) is 0 Å². The number of rotatable bonds is 1. The normalized spacial score (nSPS) is 10.4. The molecule has 0 spiro atoms. The number of nitrogens with one attached hydrogen (secondary N) is 1. The van der Waals surface area contributed by atoms with E-state index in [4.69, 9.17) is 0 Å². The molecule has 0 fully saturated rings. The lowest BCUT2D eigenvalue weighted by Gasteiger charge is -2.04. The van der Waals surface area contributed by atoms with Crippen molar-refractivity contribution in [2.75, 3.05) is 0 Å². The largest absolute Gasteiger partial charge is 0.323 e. The highest BCUT2D eigenvalue weighted by Crippen LogP contribution is 2.13. The number of aromatic nitrogens is 3. The molecule has 4 heteroatoms. The fourth-order valence-corrected chi connectivity index (χ4v) is 1.51. The van der Waals surface area contributed by atoms with E-state index in [1.54, 1.807) is 12.3 Å². The van der Waals surface area contributed by atoms with E-state index in [-0.39, 0.29) is 5.56 Å². The van der Waals surface area contributed by atoms with Crippen LogP contribution in [0.1, 0.15) is 17.1 Å². The van der Waals surface area contributed by atoms with Crippen molar-refractivity contribution in [1.29, 1.82) is 0 Å². The first-order chi connectivity index (χ1) is 7.58. The molecular formula is C12H13N3O. The van der Waals surface area contributed by atoms with E-state index in [2.05, 4.69) is 15.0 Å². The fraction of sp³-hybridized carbons (Fsp3) is 0.250. The highest BCUT2D eigenvalue weighted by molar-refractivity contribution is 5.58. The predicted molar refractivity (Wildman–Crippen MR) is 62.3 cm³/mol. The molecule has 2 aromatic heterocycles. The van der Waals surface area contributed by atoms with Crippen LogP contribution < -0.4 is 5.56 Å². The van der Waals surface area contributed by atoms with Crippen LogP contribution in [-0.2, 0) is 0 Å². The second-order valence-corrected chi connectivity index (χ2v) is 3.81. The van der Waals surface area contributed by atoms with Crippen molar-refractivity contribution < 1.29 is 0 Å². The lowest BCUT2D eigenvalue weighted by atomic mass is 10.1. The number of aromatic amines is 1. The third-order valence-electron chi connectivity index (χ3n) is 2.51. The van der Waals surface area contributed by atoms with Crippen molar-refractivity contribution >= 4 is 0 Å². The summed E-state index contributed by atoms with van der Waals surface area (Å²) in [6, 6.07) is 3.64. The van der Waals surface area contributed by atoms with Crippen molar-refractivity contribution in [1.82, 2.24) is 15.0 Å². The van der Waals surface area contributed by atoms with Gasteiger partial charge in [-0.3, -0.25) is 9.78 Å². The van der Waals surface area contributed by atoms with Gasteiger partial charge in [-0.1, -0.05) is 0 Å². The Morgan fingerprint density at radius 1 is 1.25 bits per heavy atom. The predicted octanol–water partition coefficient (Wildman–Crippen LogP) is 1.76. The van der Waals surface area contributed by atoms with E-state index in [0.29, 0.717) is 5.69 Å². The van der Waals surface area contributed by atoms with Crippen LogP contribution in [0.5, 0.6) is 0 Å². The molecule has 82 valence electrons. The third-order valence-corrected chi connectivity index (χ3v) is 2.51. The van der Waals surface area contributed by atoms with Crippen LogP contribution in [0, 0.1) is 20.8 Å². The summed E-state index contributed by atoms with van der Waals surface area (Å²) in [7, 11) is 0. The molecule has 0 bridgehead atoms. The first-order valence-corrected chi connectivity index (χ1v) is 5.08. The van der Waals surface area contributed by atoms with Gasteiger partial charge in [0.15, 0.2) is 0 Å². The van der Waals surface area contributed by atoms with E-state index < -0.39 is 0 Å². The van der Waals surface area contributed by atoms with Gasteiger partial charge in [-0.15, -0.1) is 0 Å². The van der Waals surface area contributed by atoms with Gasteiger partial charge in [0, 0.05) is 23.1 Å². The lowest BCUT2D eigenvalue weighted by Crippen LogP contribution is -2.14. The number of hydrogen-bond donors (Lipinski definition) is 1. The Morgan fingerprint density at radius 3 is 2.69 bits per heavy atom. The summed E-state index contributed by atoms with van der Waals surface area (Å²) in [6.07, 6.45) is 1.68. The van der Waals surface area contributed by atoms with Crippen LogP contribution >= 0.6 is 0 Å². The summed E-state index contributed by atoms with van der Waals surface area (Å²) >= 11 is 0. The molecule has 0 aliphatic heterocycles. The van der Waals surface area contributed by atoms with Crippen molar-refractivity contribution in [3.8, 4) is 11.3 Å². The molecular weight excluding hydrogens is 202 g/mol. The summed E-state index contributed by atoms with van der Waals surface area (Å²) in [6.45, 7) is 5.60. The molecule has 2 heterocycles. The molecule has 0 radical (unpaired) electrons. The molecule has 0 amide bonds. The SMILES string of the molecule is Cc1cc(-c2nc(C)c(C)[nH]c2=O)ccn1. The Bertz CT molecular complexity index is 587. The van der Waals surface area contributed by atoms with Crippen molar-refractivity contribution in [2.24, 2.45) is 0 Å². The van der Waals surface area contributed by atoms with E-state index in [1.807, 2.05) is 26.8 Å². The van der Waals surface area contributed by atoms with E-state index >= 15 is 0 Å². The standard InChI is InChI=1S/C12H13N3O/c1-7-6-10(4-5-13-7)11-12(16)15-9(3)8(2)14-11/h4-6H,1-3H3,(H,15,16). The Balaban J connectivity index is 2.65. The smallest absolute Gasteiger partial charge is 0.274 e. The minimum atomic E-state index is -0.159. The van der Waals surface area contributed by atoms with Crippen LogP contribution in [0.4, 0.5) is 0 Å². The Morgan fingerprint density at radius 2 is 2.00 bits per heavy atom. The monoisotopic (exact) mass is 215 g/mol. The third kappa shape index (κ3) is 1.86. The van der Waals surface area contributed by atoms with Gasteiger partial charge in [-0.2, -0.15) is 0 Å². The summed E-state index contributed by atoms with van der Waals surface area (Å²) < 4.78 is 0. The Labute approximate surface area is 93.4 Å². The lowest BCUT2D eigenvalue weighted by molar-refractivity contribution is 1.02. The average Bonchev–Trinajstić information content (AvgIpc) is 2.23. The molecule has 0 aliphatic rings. The maximum absolute atomic E-state index is 11.8. The molecule has 0 aromatic carbocycles. The van der Waals surface area contributed by atoms with Crippen LogP contribution in [0.15, 0.2) is 23.1 Å². The van der Waals surface area contributed by atoms with Crippen LogP contribution in [0.25, 0.3) is 11.3 Å². The molecule has 0 saturated carbocycles. The highest BCUT2D eigenvalue weighted by Gasteiger charge is 2.07. The zero-order chi connectivity index (χ0) is 11.7. The molecule has 0 saturated heterocycles. The van der Waals surface area contributed by atoms with Gasteiger partial charge in [0.1, 0.15) is 5.69 Å². The Kier molecular flexibility index (Phi) is 2.56. The molecule has 2 rings (SSSR count). The highest BCUT2D eigenvalue weighted by atomic mass is 16.1. The van der Waals surface area contributed by atoms with Gasteiger partial charge < -0.3 is 4.98 Å².